The van der Waals surface area contributed by atoms with Gasteiger partial charge in [0.1, 0.15) is 29.1 Å². The summed E-state index contributed by atoms with van der Waals surface area (Å²) in [4.78, 5) is 22.1. The van der Waals surface area contributed by atoms with Crippen LogP contribution in [0.25, 0.3) is 0 Å². The number of rotatable bonds is 43. The van der Waals surface area contributed by atoms with Gasteiger partial charge in [0.25, 0.3) is 0 Å². The van der Waals surface area contributed by atoms with Gasteiger partial charge in [-0.15, -0.1) is 0 Å². The summed E-state index contributed by atoms with van der Waals surface area (Å²) in [5.41, 5.74) is 1.36. The van der Waals surface area contributed by atoms with E-state index in [0.29, 0.717) is 106 Å². The average Bonchev–Trinajstić information content (AvgIpc) is 3.18. The number of hydrogen-bond acceptors (Lipinski definition) is 17. The van der Waals surface area contributed by atoms with Crippen LogP contribution in [0, 0.1) is 0 Å². The first-order valence-electron chi connectivity index (χ1n) is 20.0. The van der Waals surface area contributed by atoms with Crippen LogP contribution in [0.1, 0.15) is 63.9 Å². The molecule has 0 aliphatic heterocycles. The van der Waals surface area contributed by atoms with Crippen molar-refractivity contribution >= 4 is 22.1 Å². The number of carbonyl (C=O) groups excluding carboxylic acids is 2. The van der Waals surface area contributed by atoms with Crippen LogP contribution < -0.4 is 69.0 Å². The number of esters is 1. The Balaban J connectivity index is 0. The standard InChI is InChI=1S/C39H68O17S.2Na/c1-2-3-4-5-6-7-8-9-35-10-12-36(13-11-35)55-32-30-53-28-26-51-24-22-49-20-18-47-16-14-46-15-17-48-19-21-50-23-25-52-27-29-54-31-33-56-38(40)34-37(39(41)42)57(43,44)45;;/h10-13,37H,2-9,14-34H2,1H3,(H,41,42)(H,43,44,45);;/q;2*+1/p-2. The van der Waals surface area contributed by atoms with Crippen LogP contribution in [0.4, 0.5) is 0 Å². The van der Waals surface area contributed by atoms with E-state index in [1.54, 1.807) is 0 Å². The molecule has 0 aliphatic rings. The molecule has 17 nitrogen and oxygen atoms in total. The Bertz CT molecular complexity index is 1200. The fraction of sp³-hybridized carbons (Fsp3) is 0.795. The van der Waals surface area contributed by atoms with Gasteiger partial charge in [0.2, 0.25) is 0 Å². The van der Waals surface area contributed by atoms with Crippen LogP contribution in [-0.4, -0.2) is 162 Å². The molecule has 0 radical (unpaired) electrons. The van der Waals surface area contributed by atoms with Gasteiger partial charge in [0.15, 0.2) is 0 Å². The minimum atomic E-state index is -5.23. The minimum Gasteiger partial charge on any atom is -0.747 e. The van der Waals surface area contributed by atoms with Crippen LogP contribution in [0.2, 0.25) is 0 Å². The number of aliphatic carboxylic acids is 1. The number of ether oxygens (including phenoxy) is 11. The molecule has 0 saturated heterocycles. The molecule has 1 aromatic rings. The maximum absolute atomic E-state index is 11.5. The van der Waals surface area contributed by atoms with Gasteiger partial charge in [-0.1, -0.05) is 57.6 Å². The number of unbranched alkanes of at least 4 members (excludes halogenated alkanes) is 6. The molecule has 0 saturated carbocycles. The normalized spacial score (nSPS) is 11.8. The van der Waals surface area contributed by atoms with E-state index in [4.69, 9.17) is 47.4 Å². The predicted molar refractivity (Wildman–Crippen MR) is 205 cm³/mol. The zero-order valence-electron chi connectivity index (χ0n) is 35.7. The zero-order valence-corrected chi connectivity index (χ0v) is 40.6. The SMILES string of the molecule is CCCCCCCCCc1ccc(OCCOCCOCCOCCOCCOCCOCCOCCOCCOCCOC(=O)CC(C(=O)[O-])S(=O)(=O)[O-])cc1.[Na+].[Na+]. The van der Waals surface area contributed by atoms with E-state index < -0.39 is 33.7 Å². The Labute approximate surface area is 395 Å². The molecule has 0 aromatic heterocycles. The van der Waals surface area contributed by atoms with Crippen molar-refractivity contribution in [2.75, 3.05) is 132 Å². The number of carboxylic acid groups (broad SMARTS) is 1. The molecule has 0 N–H and O–H groups in total. The molecule has 20 heteroatoms. The molecule has 1 rings (SSSR count). The van der Waals surface area contributed by atoms with Gasteiger partial charge in [-0.3, -0.25) is 4.79 Å². The van der Waals surface area contributed by atoms with E-state index in [1.807, 2.05) is 12.1 Å². The van der Waals surface area contributed by atoms with Gasteiger partial charge in [-0.2, -0.15) is 0 Å². The smallest absolute Gasteiger partial charge is 0.747 e. The van der Waals surface area contributed by atoms with Gasteiger partial charge in [0, 0.05) is 0 Å². The zero-order chi connectivity index (χ0) is 41.5. The molecular formula is C39H66Na2O17S. The van der Waals surface area contributed by atoms with Crippen molar-refractivity contribution < 1.29 is 139 Å². The van der Waals surface area contributed by atoms with E-state index in [-0.39, 0.29) is 85.5 Å². The monoisotopic (exact) mass is 884 g/mol. The van der Waals surface area contributed by atoms with Crippen molar-refractivity contribution in [2.24, 2.45) is 0 Å². The number of benzene rings is 1. The summed E-state index contributed by atoms with van der Waals surface area (Å²) in [5.74, 6) is -2.46. The third-order valence-electron chi connectivity index (χ3n) is 7.92. The second-order valence-electron chi connectivity index (χ2n) is 12.6. The summed E-state index contributed by atoms with van der Waals surface area (Å²) in [6.45, 7) is 9.58. The first-order valence-corrected chi connectivity index (χ1v) is 21.4. The Morgan fingerprint density at radius 2 is 0.864 bits per heavy atom. The third-order valence-corrected chi connectivity index (χ3v) is 8.98. The summed E-state index contributed by atoms with van der Waals surface area (Å²) < 4.78 is 91.7. The van der Waals surface area contributed by atoms with Gasteiger partial charge in [-0.25, -0.2) is 8.42 Å². The molecule has 332 valence electrons. The maximum atomic E-state index is 11.5. The summed E-state index contributed by atoms with van der Waals surface area (Å²) in [7, 11) is -5.23. The van der Waals surface area contributed by atoms with Crippen LogP contribution >= 0.6 is 0 Å². The average molecular weight is 885 g/mol. The fourth-order valence-electron chi connectivity index (χ4n) is 4.85. The van der Waals surface area contributed by atoms with Crippen LogP contribution in [0.15, 0.2) is 24.3 Å². The van der Waals surface area contributed by atoms with Gasteiger partial charge in [-0.05, 0) is 30.5 Å². The van der Waals surface area contributed by atoms with Crippen LogP contribution in [0.5, 0.6) is 5.75 Å². The van der Waals surface area contributed by atoms with Crippen molar-refractivity contribution in [3.05, 3.63) is 29.8 Å². The summed E-state index contributed by atoms with van der Waals surface area (Å²) in [5, 5.41) is 8.17. The minimum absolute atomic E-state index is 0. The van der Waals surface area contributed by atoms with Crippen molar-refractivity contribution in [1.29, 1.82) is 0 Å². The Morgan fingerprint density at radius 1 is 0.525 bits per heavy atom. The van der Waals surface area contributed by atoms with Gasteiger partial charge >= 0.3 is 65.1 Å². The van der Waals surface area contributed by atoms with Crippen molar-refractivity contribution in [3.8, 4) is 5.75 Å². The summed E-state index contributed by atoms with van der Waals surface area (Å²) >= 11 is 0. The first kappa shape index (κ1) is 60.6. The number of carbonyl (C=O) groups is 2. The topological polar surface area (TPSA) is 216 Å². The predicted octanol–water partition coefficient (Wildman–Crippen LogP) is -3.89. The van der Waals surface area contributed by atoms with Crippen LogP contribution in [-0.2, 0) is 73.5 Å². The van der Waals surface area contributed by atoms with E-state index in [2.05, 4.69) is 23.8 Å². The van der Waals surface area contributed by atoms with E-state index in [1.165, 1.54) is 50.5 Å². The molecule has 1 aromatic carbocycles. The Kier molecular flexibility index (Phi) is 45.3. The summed E-state index contributed by atoms with van der Waals surface area (Å²) in [6.07, 6.45) is 9.26. The largest absolute Gasteiger partial charge is 1.00 e. The Morgan fingerprint density at radius 3 is 1.22 bits per heavy atom. The molecular weight excluding hydrogens is 818 g/mol. The fourth-order valence-corrected chi connectivity index (χ4v) is 5.42. The van der Waals surface area contributed by atoms with Crippen LogP contribution in [0.3, 0.4) is 0 Å². The number of carboxylic acids is 1. The Hall–Kier alpha value is -0.490. The van der Waals surface area contributed by atoms with Crippen molar-refractivity contribution in [2.45, 2.75) is 70.0 Å². The molecule has 0 aliphatic carbocycles. The van der Waals surface area contributed by atoms with E-state index in [9.17, 15) is 27.7 Å². The molecule has 59 heavy (non-hydrogen) atoms. The van der Waals surface area contributed by atoms with Crippen molar-refractivity contribution in [1.82, 2.24) is 0 Å². The third kappa shape index (κ3) is 40.1. The second kappa shape index (κ2) is 44.1. The number of aryl methyl sites for hydroxylation is 1. The quantitative estimate of drug-likeness (QED) is 0.0265. The van der Waals surface area contributed by atoms with Crippen molar-refractivity contribution in [3.63, 3.8) is 0 Å². The molecule has 0 spiro atoms. The second-order valence-corrected chi connectivity index (χ2v) is 14.2. The number of hydrogen-bond donors (Lipinski definition) is 0. The van der Waals surface area contributed by atoms with Gasteiger partial charge in [0.05, 0.1) is 137 Å². The van der Waals surface area contributed by atoms with Gasteiger partial charge < -0.3 is 66.6 Å². The van der Waals surface area contributed by atoms with E-state index >= 15 is 0 Å². The maximum Gasteiger partial charge on any atom is 1.00 e. The van der Waals surface area contributed by atoms with E-state index in [0.717, 1.165) is 12.2 Å². The summed E-state index contributed by atoms with van der Waals surface area (Å²) in [6, 6.07) is 8.38. The molecule has 0 amide bonds. The molecule has 0 heterocycles. The molecule has 1 atom stereocenters. The molecule has 1 unspecified atom stereocenters. The molecule has 0 bridgehead atoms. The first-order chi connectivity index (χ1) is 27.7. The molecule has 0 fully saturated rings.